The van der Waals surface area contributed by atoms with Gasteiger partial charge in [0.15, 0.2) is 5.78 Å². The molecule has 0 saturated carbocycles. The van der Waals surface area contributed by atoms with Gasteiger partial charge in [-0.25, -0.2) is 0 Å². The predicted octanol–water partition coefficient (Wildman–Crippen LogP) is 3.85. The third kappa shape index (κ3) is 4.08. The second-order valence-corrected chi connectivity index (χ2v) is 4.38. The second kappa shape index (κ2) is 7.10. The van der Waals surface area contributed by atoms with Crippen LogP contribution in [0.15, 0.2) is 67.3 Å². The van der Waals surface area contributed by atoms with Crippen molar-refractivity contribution in [2.24, 2.45) is 0 Å². The summed E-state index contributed by atoms with van der Waals surface area (Å²) in [4.78, 5) is 12.0. The highest BCUT2D eigenvalue weighted by atomic mass is 16.5. The molecular formula is C18H16O3. The van der Waals surface area contributed by atoms with Crippen LogP contribution in [-0.2, 0) is 0 Å². The molecule has 0 fully saturated rings. The van der Waals surface area contributed by atoms with Crippen LogP contribution in [0.2, 0.25) is 0 Å². The van der Waals surface area contributed by atoms with E-state index in [1.807, 2.05) is 24.3 Å². The summed E-state index contributed by atoms with van der Waals surface area (Å²) >= 11 is 0. The lowest BCUT2D eigenvalue weighted by Gasteiger charge is -2.03. The minimum absolute atomic E-state index is 0.0136. The van der Waals surface area contributed by atoms with Gasteiger partial charge in [-0.05, 0) is 35.9 Å². The molecule has 0 aliphatic rings. The van der Waals surface area contributed by atoms with Crippen molar-refractivity contribution >= 4 is 11.9 Å². The fraction of sp³-hybridized carbons (Fsp3) is 0.0556. The Hall–Kier alpha value is -2.81. The maximum atomic E-state index is 12.0. The van der Waals surface area contributed by atoms with Crippen molar-refractivity contribution in [2.45, 2.75) is 0 Å². The number of para-hydroxylation sites is 1. The fourth-order valence-electron chi connectivity index (χ4n) is 1.77. The zero-order valence-corrected chi connectivity index (χ0v) is 11.5. The molecule has 2 aromatic rings. The van der Waals surface area contributed by atoms with E-state index in [1.54, 1.807) is 30.4 Å². The summed E-state index contributed by atoms with van der Waals surface area (Å²) in [6.45, 7) is 4.04. The monoisotopic (exact) mass is 280 g/mol. The van der Waals surface area contributed by atoms with E-state index < -0.39 is 0 Å². The normalized spacial score (nSPS) is 10.5. The number of hydrogen-bond acceptors (Lipinski definition) is 3. The zero-order valence-electron chi connectivity index (χ0n) is 11.5. The first-order valence-electron chi connectivity index (χ1n) is 6.55. The fourth-order valence-corrected chi connectivity index (χ4v) is 1.77. The van der Waals surface area contributed by atoms with Gasteiger partial charge in [0.25, 0.3) is 0 Å². The van der Waals surface area contributed by atoms with E-state index in [-0.39, 0.29) is 11.5 Å². The van der Waals surface area contributed by atoms with E-state index in [9.17, 15) is 9.90 Å². The highest BCUT2D eigenvalue weighted by molar-refractivity contribution is 6.08. The lowest BCUT2D eigenvalue weighted by molar-refractivity contribution is 0.104. The molecule has 2 aromatic carbocycles. The van der Waals surface area contributed by atoms with Gasteiger partial charge < -0.3 is 9.84 Å². The molecule has 1 N–H and O–H groups in total. The van der Waals surface area contributed by atoms with E-state index in [0.717, 1.165) is 11.3 Å². The highest BCUT2D eigenvalue weighted by Gasteiger charge is 2.06. The van der Waals surface area contributed by atoms with Crippen molar-refractivity contribution in [3.63, 3.8) is 0 Å². The quantitative estimate of drug-likeness (QED) is 0.496. The van der Waals surface area contributed by atoms with E-state index in [1.165, 1.54) is 12.1 Å². The van der Waals surface area contributed by atoms with Crippen molar-refractivity contribution in [1.29, 1.82) is 0 Å². The average molecular weight is 280 g/mol. The van der Waals surface area contributed by atoms with Gasteiger partial charge in [-0.2, -0.15) is 0 Å². The molecule has 0 radical (unpaired) electrons. The number of carbonyl (C=O) groups excluding carboxylic acids is 1. The molecule has 0 heterocycles. The number of carbonyl (C=O) groups is 1. The van der Waals surface area contributed by atoms with Crippen LogP contribution in [0.4, 0.5) is 0 Å². The van der Waals surface area contributed by atoms with Crippen molar-refractivity contribution in [3.05, 3.63) is 78.4 Å². The number of ether oxygens (including phenoxy) is 1. The molecule has 3 nitrogen and oxygen atoms in total. The number of allylic oxidation sites excluding steroid dienone is 1. The van der Waals surface area contributed by atoms with Crippen LogP contribution in [0.1, 0.15) is 15.9 Å². The van der Waals surface area contributed by atoms with Crippen molar-refractivity contribution in [2.75, 3.05) is 6.61 Å². The summed E-state index contributed by atoms with van der Waals surface area (Å²) in [5.41, 5.74) is 1.17. The molecule has 3 heteroatoms. The summed E-state index contributed by atoms with van der Waals surface area (Å²) in [5.74, 6) is 0.500. The summed E-state index contributed by atoms with van der Waals surface area (Å²) < 4.78 is 5.38. The Balaban J connectivity index is 2.05. The van der Waals surface area contributed by atoms with Crippen LogP contribution < -0.4 is 4.74 Å². The number of benzene rings is 2. The first-order valence-corrected chi connectivity index (χ1v) is 6.55. The van der Waals surface area contributed by atoms with Gasteiger partial charge in [0.05, 0.1) is 5.56 Å². The Morgan fingerprint density at radius 3 is 2.52 bits per heavy atom. The van der Waals surface area contributed by atoms with Crippen molar-refractivity contribution < 1.29 is 14.6 Å². The van der Waals surface area contributed by atoms with E-state index >= 15 is 0 Å². The van der Waals surface area contributed by atoms with Crippen LogP contribution in [0.25, 0.3) is 6.08 Å². The number of hydrogen-bond donors (Lipinski definition) is 1. The van der Waals surface area contributed by atoms with Gasteiger partial charge in [-0.1, -0.05) is 43.0 Å². The molecule has 0 unspecified atom stereocenters. The Morgan fingerprint density at radius 2 is 1.86 bits per heavy atom. The number of rotatable bonds is 6. The molecule has 0 aliphatic heterocycles. The van der Waals surface area contributed by atoms with Gasteiger partial charge in [0.1, 0.15) is 18.1 Å². The van der Waals surface area contributed by atoms with Crippen LogP contribution in [0.5, 0.6) is 11.5 Å². The summed E-state index contributed by atoms with van der Waals surface area (Å²) in [7, 11) is 0. The molecule has 0 saturated heterocycles. The van der Waals surface area contributed by atoms with Gasteiger partial charge in [-0.15, -0.1) is 0 Å². The molecule has 2 rings (SSSR count). The second-order valence-electron chi connectivity index (χ2n) is 4.38. The molecule has 21 heavy (non-hydrogen) atoms. The Labute approximate surface area is 123 Å². The third-order valence-corrected chi connectivity index (χ3v) is 2.84. The number of aromatic hydroxyl groups is 1. The highest BCUT2D eigenvalue weighted by Crippen LogP contribution is 2.18. The van der Waals surface area contributed by atoms with E-state index in [0.29, 0.717) is 12.2 Å². The van der Waals surface area contributed by atoms with Gasteiger partial charge >= 0.3 is 0 Å². The number of phenolic OH excluding ortho intramolecular Hbond substituents is 1. The van der Waals surface area contributed by atoms with Gasteiger partial charge in [-0.3, -0.25) is 4.79 Å². The minimum Gasteiger partial charge on any atom is -0.507 e. The smallest absolute Gasteiger partial charge is 0.189 e. The first-order chi connectivity index (χ1) is 10.2. The maximum absolute atomic E-state index is 12.0. The van der Waals surface area contributed by atoms with Crippen LogP contribution in [0.3, 0.4) is 0 Å². The van der Waals surface area contributed by atoms with Crippen LogP contribution in [-0.4, -0.2) is 17.5 Å². The van der Waals surface area contributed by atoms with Crippen LogP contribution >= 0.6 is 0 Å². The third-order valence-electron chi connectivity index (χ3n) is 2.84. The minimum atomic E-state index is -0.236. The van der Waals surface area contributed by atoms with Crippen molar-refractivity contribution in [1.82, 2.24) is 0 Å². The predicted molar refractivity (Wildman–Crippen MR) is 83.6 cm³/mol. The molecular weight excluding hydrogens is 264 g/mol. The Bertz CT molecular complexity index is 654. The molecule has 0 aliphatic carbocycles. The topological polar surface area (TPSA) is 46.5 Å². The lowest BCUT2D eigenvalue weighted by Crippen LogP contribution is -1.94. The SMILES string of the molecule is C=CCOc1ccc(C=CC(=O)c2ccccc2O)cc1. The molecule has 0 atom stereocenters. The summed E-state index contributed by atoms with van der Waals surface area (Å²) in [5, 5.41) is 9.62. The standard InChI is InChI=1S/C18H16O3/c1-2-13-21-15-10-7-14(8-11-15)9-12-18(20)16-5-3-4-6-17(16)19/h2-12,19H,1,13H2. The largest absolute Gasteiger partial charge is 0.507 e. The first kappa shape index (κ1) is 14.6. The molecule has 106 valence electrons. The summed E-state index contributed by atoms with van der Waals surface area (Å²) in [6.07, 6.45) is 4.82. The maximum Gasteiger partial charge on any atom is 0.189 e. The van der Waals surface area contributed by atoms with Crippen LogP contribution in [0, 0.1) is 0 Å². The number of phenols is 1. The van der Waals surface area contributed by atoms with E-state index in [4.69, 9.17) is 4.74 Å². The van der Waals surface area contributed by atoms with E-state index in [2.05, 4.69) is 6.58 Å². The van der Waals surface area contributed by atoms with Gasteiger partial charge in [0.2, 0.25) is 0 Å². The molecule has 0 spiro atoms. The Kier molecular flexibility index (Phi) is 4.94. The number of ketones is 1. The Morgan fingerprint density at radius 1 is 1.14 bits per heavy atom. The molecule has 0 amide bonds. The summed E-state index contributed by atoms with van der Waals surface area (Å²) in [6, 6.07) is 13.8. The average Bonchev–Trinajstić information content (AvgIpc) is 2.52. The van der Waals surface area contributed by atoms with Crippen molar-refractivity contribution in [3.8, 4) is 11.5 Å². The molecule has 0 bridgehead atoms. The van der Waals surface area contributed by atoms with Gasteiger partial charge in [0, 0.05) is 0 Å². The zero-order chi connectivity index (χ0) is 15.1. The lowest BCUT2D eigenvalue weighted by atomic mass is 10.1. The molecule has 0 aromatic heterocycles.